The molecule has 1 saturated heterocycles. The third kappa shape index (κ3) is 5.68. The van der Waals surface area contributed by atoms with Crippen LogP contribution in [0.1, 0.15) is 37.0 Å². The van der Waals surface area contributed by atoms with Crippen LogP contribution < -0.4 is 5.32 Å². The Morgan fingerprint density at radius 3 is 2.37 bits per heavy atom. The van der Waals surface area contributed by atoms with E-state index in [4.69, 9.17) is 0 Å². The van der Waals surface area contributed by atoms with Gasteiger partial charge in [-0.05, 0) is 48.2 Å². The van der Waals surface area contributed by atoms with Gasteiger partial charge >= 0.3 is 6.18 Å². The van der Waals surface area contributed by atoms with Crippen LogP contribution in [0.2, 0.25) is 0 Å². The fraction of sp³-hybridized carbons (Fsp3) is 0.393. The van der Waals surface area contributed by atoms with Crippen molar-refractivity contribution in [2.45, 2.75) is 51.6 Å². The van der Waals surface area contributed by atoms with Gasteiger partial charge in [0.25, 0.3) is 0 Å². The first-order valence-corrected chi connectivity index (χ1v) is 12.2. The Morgan fingerprint density at radius 1 is 0.971 bits per heavy atom. The Kier molecular flexibility index (Phi) is 7.77. The molecule has 3 aromatic rings. The molecule has 0 aliphatic carbocycles. The molecule has 4 nitrogen and oxygen atoms in total. The summed E-state index contributed by atoms with van der Waals surface area (Å²) >= 11 is 0. The first-order chi connectivity index (χ1) is 16.8. The van der Waals surface area contributed by atoms with Gasteiger partial charge < -0.3 is 10.2 Å². The van der Waals surface area contributed by atoms with Gasteiger partial charge in [-0.3, -0.25) is 9.69 Å². The molecule has 1 fully saturated rings. The Bertz CT molecular complexity index is 1150. The van der Waals surface area contributed by atoms with Gasteiger partial charge in [0.1, 0.15) is 0 Å². The molecule has 4 rings (SSSR count). The fourth-order valence-electron chi connectivity index (χ4n) is 5.08. The number of amides is 1. The van der Waals surface area contributed by atoms with Crippen LogP contribution in [-0.4, -0.2) is 47.4 Å². The van der Waals surface area contributed by atoms with Crippen molar-refractivity contribution in [1.82, 2.24) is 15.1 Å². The smallest absolute Gasteiger partial charge is 0.342 e. The number of hydrogen-bond acceptors (Lipinski definition) is 3. The van der Waals surface area contributed by atoms with Crippen LogP contribution in [0.3, 0.4) is 0 Å². The van der Waals surface area contributed by atoms with Gasteiger partial charge in [-0.15, -0.1) is 0 Å². The summed E-state index contributed by atoms with van der Waals surface area (Å²) in [7, 11) is 0. The van der Waals surface area contributed by atoms with E-state index in [1.165, 1.54) is 12.1 Å². The van der Waals surface area contributed by atoms with Crippen molar-refractivity contribution in [3.63, 3.8) is 0 Å². The van der Waals surface area contributed by atoms with E-state index < -0.39 is 11.7 Å². The van der Waals surface area contributed by atoms with Crippen molar-refractivity contribution < 1.29 is 18.0 Å². The summed E-state index contributed by atoms with van der Waals surface area (Å²) < 4.78 is 40.3. The summed E-state index contributed by atoms with van der Waals surface area (Å²) in [6.07, 6.45) is -3.83. The number of likely N-dealkylation sites (N-methyl/N-ethyl adjacent to an activating group) is 1. The van der Waals surface area contributed by atoms with E-state index in [0.29, 0.717) is 32.6 Å². The van der Waals surface area contributed by atoms with E-state index in [0.717, 1.165) is 22.4 Å². The molecule has 1 aliphatic heterocycles. The van der Waals surface area contributed by atoms with Crippen LogP contribution in [0.25, 0.3) is 10.8 Å². The SMILES string of the molecule is CCN(CC)C(=O)[C@@H]1C[C@H](NCc2ccccc2C(F)(F)F)CN1Cc1cccc2ccccc12. The van der Waals surface area contributed by atoms with Gasteiger partial charge in [-0.2, -0.15) is 13.2 Å². The van der Waals surface area contributed by atoms with Gasteiger partial charge in [-0.1, -0.05) is 60.7 Å². The van der Waals surface area contributed by atoms with Crippen LogP contribution in [-0.2, 0) is 24.1 Å². The maximum atomic E-state index is 13.4. The molecule has 0 radical (unpaired) electrons. The van der Waals surface area contributed by atoms with E-state index in [-0.39, 0.29) is 30.1 Å². The number of benzene rings is 3. The molecule has 0 aromatic heterocycles. The minimum absolute atomic E-state index is 0.0789. The first kappa shape index (κ1) is 25.2. The lowest BCUT2D eigenvalue weighted by atomic mass is 10.0. The fourth-order valence-corrected chi connectivity index (χ4v) is 5.08. The normalized spacial score (nSPS) is 18.8. The van der Waals surface area contributed by atoms with E-state index >= 15 is 0 Å². The Morgan fingerprint density at radius 2 is 1.63 bits per heavy atom. The minimum atomic E-state index is -4.39. The predicted molar refractivity (Wildman–Crippen MR) is 133 cm³/mol. The third-order valence-corrected chi connectivity index (χ3v) is 6.92. The van der Waals surface area contributed by atoms with Crippen molar-refractivity contribution in [2.24, 2.45) is 0 Å². The number of rotatable bonds is 8. The summed E-state index contributed by atoms with van der Waals surface area (Å²) in [5.41, 5.74) is 0.747. The summed E-state index contributed by atoms with van der Waals surface area (Å²) in [4.78, 5) is 17.4. The molecule has 1 aliphatic rings. The van der Waals surface area contributed by atoms with Gasteiger partial charge in [-0.25, -0.2) is 0 Å². The molecule has 2 atom stereocenters. The van der Waals surface area contributed by atoms with E-state index in [1.807, 2.05) is 36.9 Å². The second kappa shape index (κ2) is 10.8. The molecule has 0 bridgehead atoms. The molecule has 1 heterocycles. The zero-order valence-corrected chi connectivity index (χ0v) is 20.2. The second-order valence-corrected chi connectivity index (χ2v) is 9.06. The molecule has 0 saturated carbocycles. The number of likely N-dealkylation sites (tertiary alicyclic amines) is 1. The number of carbonyl (C=O) groups excluding carboxylic acids is 1. The zero-order valence-electron chi connectivity index (χ0n) is 20.2. The molecule has 7 heteroatoms. The lowest BCUT2D eigenvalue weighted by Gasteiger charge is -2.29. The largest absolute Gasteiger partial charge is 0.416 e. The predicted octanol–water partition coefficient (Wildman–Crippen LogP) is 5.46. The molecular weight excluding hydrogens is 451 g/mol. The Labute approximate surface area is 204 Å². The number of fused-ring (bicyclic) bond motifs is 1. The number of nitrogens with one attached hydrogen (secondary N) is 1. The van der Waals surface area contributed by atoms with E-state index in [9.17, 15) is 18.0 Å². The molecule has 0 unspecified atom stereocenters. The van der Waals surface area contributed by atoms with Gasteiger partial charge in [0.15, 0.2) is 0 Å². The monoisotopic (exact) mass is 483 g/mol. The highest BCUT2D eigenvalue weighted by atomic mass is 19.4. The second-order valence-electron chi connectivity index (χ2n) is 9.06. The van der Waals surface area contributed by atoms with Crippen molar-refractivity contribution in [3.05, 3.63) is 83.4 Å². The van der Waals surface area contributed by atoms with Crippen molar-refractivity contribution in [2.75, 3.05) is 19.6 Å². The van der Waals surface area contributed by atoms with Crippen molar-refractivity contribution in [1.29, 1.82) is 0 Å². The van der Waals surface area contributed by atoms with Gasteiger partial charge in [0.2, 0.25) is 5.91 Å². The zero-order chi connectivity index (χ0) is 25.0. The topological polar surface area (TPSA) is 35.6 Å². The highest BCUT2D eigenvalue weighted by Gasteiger charge is 2.39. The van der Waals surface area contributed by atoms with Crippen molar-refractivity contribution in [3.8, 4) is 0 Å². The molecule has 186 valence electrons. The average Bonchev–Trinajstić information content (AvgIpc) is 3.26. The number of alkyl halides is 3. The summed E-state index contributed by atoms with van der Waals surface area (Å²) in [6, 6.07) is 19.6. The standard InChI is InChI=1S/C28H32F3N3O/c1-3-33(4-2)27(35)26-16-23(32-17-21-11-6-8-15-25(21)28(29,30)31)19-34(26)18-22-13-9-12-20-10-5-7-14-24(20)22/h5-15,23,26,32H,3-4,16-19H2,1-2H3/t23-,26-/m0/s1. The third-order valence-electron chi connectivity index (χ3n) is 6.92. The van der Waals surface area contributed by atoms with E-state index in [1.54, 1.807) is 6.07 Å². The first-order valence-electron chi connectivity index (χ1n) is 12.2. The minimum Gasteiger partial charge on any atom is -0.342 e. The molecule has 35 heavy (non-hydrogen) atoms. The summed E-state index contributed by atoms with van der Waals surface area (Å²) in [5, 5.41) is 5.61. The Balaban J connectivity index is 1.55. The van der Waals surface area contributed by atoms with Crippen LogP contribution in [0.4, 0.5) is 13.2 Å². The van der Waals surface area contributed by atoms with Crippen LogP contribution in [0.5, 0.6) is 0 Å². The van der Waals surface area contributed by atoms with E-state index in [2.05, 4.69) is 34.5 Å². The highest BCUT2D eigenvalue weighted by Crippen LogP contribution is 2.32. The number of hydrogen-bond donors (Lipinski definition) is 1. The van der Waals surface area contributed by atoms with Crippen LogP contribution in [0, 0.1) is 0 Å². The average molecular weight is 484 g/mol. The lowest BCUT2D eigenvalue weighted by molar-refractivity contribution is -0.138. The summed E-state index contributed by atoms with van der Waals surface area (Å²) in [6.45, 7) is 6.50. The van der Waals surface area contributed by atoms with Crippen molar-refractivity contribution >= 4 is 16.7 Å². The van der Waals surface area contributed by atoms with Gasteiger partial charge in [0.05, 0.1) is 11.6 Å². The number of carbonyl (C=O) groups is 1. The molecule has 0 spiro atoms. The molecule has 1 amide bonds. The maximum absolute atomic E-state index is 13.4. The number of nitrogens with zero attached hydrogens (tertiary/aromatic N) is 2. The maximum Gasteiger partial charge on any atom is 0.416 e. The molecule has 3 aromatic carbocycles. The quantitative estimate of drug-likeness (QED) is 0.462. The summed E-state index contributed by atoms with van der Waals surface area (Å²) in [5.74, 6) is 0.0789. The lowest BCUT2D eigenvalue weighted by Crippen LogP contribution is -2.45. The van der Waals surface area contributed by atoms with Gasteiger partial charge in [0, 0.05) is 38.8 Å². The number of halogens is 3. The Hall–Kier alpha value is -2.90. The molecule has 1 N–H and O–H groups in total. The highest BCUT2D eigenvalue weighted by molar-refractivity contribution is 5.86. The van der Waals surface area contributed by atoms with Crippen LogP contribution in [0.15, 0.2) is 66.7 Å². The molecular formula is C28H32F3N3O. The van der Waals surface area contributed by atoms with Crippen LogP contribution >= 0.6 is 0 Å².